The maximum atomic E-state index is 5.29. The summed E-state index contributed by atoms with van der Waals surface area (Å²) in [6.45, 7) is 5.56. The number of aryl methyl sites for hydroxylation is 1. The van der Waals surface area contributed by atoms with E-state index in [1.54, 1.807) is 11.3 Å². The number of nitrogens with one attached hydrogen (secondary N) is 2. The molecule has 0 spiro atoms. The van der Waals surface area contributed by atoms with Crippen molar-refractivity contribution in [3.05, 3.63) is 21.9 Å². The first-order valence-corrected chi connectivity index (χ1v) is 5.43. The molecule has 0 unspecified atom stereocenters. The normalized spacial score (nSPS) is 11.5. The van der Waals surface area contributed by atoms with E-state index < -0.39 is 0 Å². The molecule has 5 heteroatoms. The standard InChI is InChI=1S/C9H16N4S/c1-3-11-9(13-10)12-5-8-4-7(2)14-6-8/h4,6H,3,5,10H2,1-2H3,(H2,11,12,13). The summed E-state index contributed by atoms with van der Waals surface area (Å²) >= 11 is 1.74. The van der Waals surface area contributed by atoms with E-state index in [0.29, 0.717) is 12.5 Å². The lowest BCUT2D eigenvalue weighted by Gasteiger charge is -2.05. The van der Waals surface area contributed by atoms with Crippen LogP contribution in [0.15, 0.2) is 16.4 Å². The van der Waals surface area contributed by atoms with Gasteiger partial charge in [-0.05, 0) is 30.9 Å². The van der Waals surface area contributed by atoms with Gasteiger partial charge in [-0.2, -0.15) is 0 Å². The zero-order chi connectivity index (χ0) is 10.4. The Bertz CT molecular complexity index is 306. The average Bonchev–Trinajstić information content (AvgIpc) is 2.59. The second-order valence-corrected chi connectivity index (χ2v) is 4.02. The van der Waals surface area contributed by atoms with E-state index in [4.69, 9.17) is 5.84 Å². The van der Waals surface area contributed by atoms with Crippen molar-refractivity contribution in [1.29, 1.82) is 0 Å². The van der Waals surface area contributed by atoms with Gasteiger partial charge in [0.2, 0.25) is 5.96 Å². The van der Waals surface area contributed by atoms with Crippen LogP contribution in [0.25, 0.3) is 0 Å². The van der Waals surface area contributed by atoms with Gasteiger partial charge in [0, 0.05) is 11.4 Å². The molecule has 0 aliphatic carbocycles. The van der Waals surface area contributed by atoms with Gasteiger partial charge in [-0.15, -0.1) is 11.3 Å². The number of hydrazine groups is 1. The molecular weight excluding hydrogens is 196 g/mol. The van der Waals surface area contributed by atoms with Gasteiger partial charge in [0.15, 0.2) is 0 Å². The zero-order valence-corrected chi connectivity index (χ0v) is 9.32. The second-order valence-electron chi connectivity index (χ2n) is 2.91. The fourth-order valence-corrected chi connectivity index (χ4v) is 1.77. The molecule has 0 bridgehead atoms. The molecule has 0 saturated carbocycles. The largest absolute Gasteiger partial charge is 0.356 e. The van der Waals surface area contributed by atoms with Gasteiger partial charge in [0.1, 0.15) is 0 Å². The van der Waals surface area contributed by atoms with Gasteiger partial charge in [-0.25, -0.2) is 10.8 Å². The van der Waals surface area contributed by atoms with Gasteiger partial charge in [0.05, 0.1) is 6.54 Å². The minimum atomic E-state index is 0.636. The fraction of sp³-hybridized carbons (Fsp3) is 0.444. The number of nitrogens with zero attached hydrogens (tertiary/aromatic N) is 1. The highest BCUT2D eigenvalue weighted by Gasteiger charge is 1.96. The average molecular weight is 212 g/mol. The third-order valence-electron chi connectivity index (χ3n) is 1.69. The molecule has 4 N–H and O–H groups in total. The smallest absolute Gasteiger partial charge is 0.206 e. The van der Waals surface area contributed by atoms with Gasteiger partial charge in [-0.1, -0.05) is 0 Å². The van der Waals surface area contributed by atoms with E-state index in [-0.39, 0.29) is 0 Å². The summed E-state index contributed by atoms with van der Waals surface area (Å²) < 4.78 is 0. The van der Waals surface area contributed by atoms with Crippen LogP contribution in [0.2, 0.25) is 0 Å². The quantitative estimate of drug-likeness (QED) is 0.303. The predicted octanol–water partition coefficient (Wildman–Crippen LogP) is 0.985. The SMILES string of the molecule is CCNC(=NCc1csc(C)c1)NN. The van der Waals surface area contributed by atoms with Crippen LogP contribution in [0.4, 0.5) is 0 Å². The van der Waals surface area contributed by atoms with E-state index >= 15 is 0 Å². The second kappa shape index (κ2) is 5.62. The number of guanidine groups is 1. The molecule has 4 nitrogen and oxygen atoms in total. The number of thiophene rings is 1. The summed E-state index contributed by atoms with van der Waals surface area (Å²) in [6, 6.07) is 2.13. The summed E-state index contributed by atoms with van der Waals surface area (Å²) in [4.78, 5) is 5.60. The Hall–Kier alpha value is -1.07. The number of hydrogen-bond donors (Lipinski definition) is 3. The number of aliphatic imine (C=N–C) groups is 1. The topological polar surface area (TPSA) is 62.4 Å². The molecule has 1 rings (SSSR count). The number of nitrogens with two attached hydrogens (primary N) is 1. The summed E-state index contributed by atoms with van der Waals surface area (Å²) in [7, 11) is 0. The van der Waals surface area contributed by atoms with Crippen LogP contribution in [0.1, 0.15) is 17.4 Å². The van der Waals surface area contributed by atoms with Gasteiger partial charge in [-0.3, -0.25) is 5.43 Å². The van der Waals surface area contributed by atoms with Crippen molar-refractivity contribution in [1.82, 2.24) is 10.7 Å². The predicted molar refractivity (Wildman–Crippen MR) is 61.2 cm³/mol. The van der Waals surface area contributed by atoms with Crippen LogP contribution in [0, 0.1) is 6.92 Å². The van der Waals surface area contributed by atoms with Crippen LogP contribution in [-0.2, 0) is 6.54 Å². The number of hydrogen-bond acceptors (Lipinski definition) is 3. The van der Waals surface area contributed by atoms with Gasteiger partial charge >= 0.3 is 0 Å². The molecular formula is C9H16N4S. The molecule has 0 aliphatic rings. The third kappa shape index (κ3) is 3.35. The van der Waals surface area contributed by atoms with Crippen molar-refractivity contribution in [2.24, 2.45) is 10.8 Å². The molecule has 1 heterocycles. The van der Waals surface area contributed by atoms with E-state index in [9.17, 15) is 0 Å². The Morgan fingerprint density at radius 3 is 2.93 bits per heavy atom. The first-order chi connectivity index (χ1) is 6.76. The van der Waals surface area contributed by atoms with Crippen molar-refractivity contribution in [3.63, 3.8) is 0 Å². The minimum Gasteiger partial charge on any atom is -0.356 e. The van der Waals surface area contributed by atoms with Crippen LogP contribution in [0.3, 0.4) is 0 Å². The molecule has 0 fully saturated rings. The minimum absolute atomic E-state index is 0.636. The molecule has 0 radical (unpaired) electrons. The highest BCUT2D eigenvalue weighted by Crippen LogP contribution is 2.13. The summed E-state index contributed by atoms with van der Waals surface area (Å²) in [6.07, 6.45) is 0. The lowest BCUT2D eigenvalue weighted by atomic mass is 10.3. The number of rotatable bonds is 3. The zero-order valence-electron chi connectivity index (χ0n) is 8.50. The van der Waals surface area contributed by atoms with Crippen LogP contribution >= 0.6 is 11.3 Å². The summed E-state index contributed by atoms with van der Waals surface area (Å²) in [5.74, 6) is 5.92. The van der Waals surface area contributed by atoms with Crippen LogP contribution in [0.5, 0.6) is 0 Å². The molecule has 0 aromatic carbocycles. The van der Waals surface area contributed by atoms with Crippen LogP contribution < -0.4 is 16.6 Å². The lowest BCUT2D eigenvalue weighted by molar-refractivity contribution is 0.852. The van der Waals surface area contributed by atoms with E-state index in [0.717, 1.165) is 6.54 Å². The summed E-state index contributed by atoms with van der Waals surface area (Å²) in [5.41, 5.74) is 3.74. The molecule has 0 saturated heterocycles. The molecule has 0 atom stereocenters. The molecule has 14 heavy (non-hydrogen) atoms. The monoisotopic (exact) mass is 212 g/mol. The summed E-state index contributed by atoms with van der Waals surface area (Å²) in [5, 5.41) is 5.14. The molecule has 0 aliphatic heterocycles. The molecule has 1 aromatic heterocycles. The van der Waals surface area contributed by atoms with Crippen molar-refractivity contribution < 1.29 is 0 Å². The van der Waals surface area contributed by atoms with E-state index in [2.05, 4.69) is 34.1 Å². The highest BCUT2D eigenvalue weighted by atomic mass is 32.1. The van der Waals surface area contributed by atoms with Crippen molar-refractivity contribution >= 4 is 17.3 Å². The Labute approximate surface area is 88.2 Å². The maximum Gasteiger partial charge on any atom is 0.206 e. The Kier molecular flexibility index (Phi) is 4.42. The highest BCUT2D eigenvalue weighted by molar-refractivity contribution is 7.10. The Morgan fingerprint density at radius 1 is 1.64 bits per heavy atom. The lowest BCUT2D eigenvalue weighted by Crippen LogP contribution is -2.41. The fourth-order valence-electron chi connectivity index (χ4n) is 1.07. The van der Waals surface area contributed by atoms with Crippen LogP contribution in [-0.4, -0.2) is 12.5 Å². The van der Waals surface area contributed by atoms with Gasteiger partial charge < -0.3 is 5.32 Å². The first kappa shape index (κ1) is 11.0. The molecule has 1 aromatic rings. The third-order valence-corrected chi connectivity index (χ3v) is 2.60. The maximum absolute atomic E-state index is 5.29. The van der Waals surface area contributed by atoms with Crippen molar-refractivity contribution in [3.8, 4) is 0 Å². The van der Waals surface area contributed by atoms with E-state index in [1.165, 1.54) is 10.4 Å². The van der Waals surface area contributed by atoms with E-state index in [1.807, 2.05) is 6.92 Å². The van der Waals surface area contributed by atoms with Crippen molar-refractivity contribution in [2.75, 3.05) is 6.54 Å². The first-order valence-electron chi connectivity index (χ1n) is 4.55. The van der Waals surface area contributed by atoms with Gasteiger partial charge in [0.25, 0.3) is 0 Å². The Morgan fingerprint density at radius 2 is 2.43 bits per heavy atom. The Balaban J connectivity index is 2.51. The molecule has 78 valence electrons. The van der Waals surface area contributed by atoms with Crippen molar-refractivity contribution in [2.45, 2.75) is 20.4 Å². The molecule has 0 amide bonds.